The second-order valence-corrected chi connectivity index (χ2v) is 23.4. The van der Waals surface area contributed by atoms with Crippen LogP contribution in [0.3, 0.4) is 0 Å². The molecule has 0 saturated heterocycles. The molecule has 0 aliphatic heterocycles. The predicted octanol–water partition coefficient (Wildman–Crippen LogP) is 20.3. The zero-order chi connectivity index (χ0) is 49.0. The Labute approximate surface area is 438 Å². The van der Waals surface area contributed by atoms with Crippen molar-refractivity contribution in [3.05, 3.63) is 209 Å². The third-order valence-electron chi connectivity index (χ3n) is 20.0. The molecule has 0 atom stereocenters. The van der Waals surface area contributed by atoms with E-state index in [4.69, 9.17) is 8.83 Å². The molecule has 0 amide bonds. The first kappa shape index (κ1) is 42.7. The molecule has 75 heavy (non-hydrogen) atoms. The maximum atomic E-state index is 7.24. The van der Waals surface area contributed by atoms with Gasteiger partial charge in [-0.3, -0.25) is 0 Å². The van der Waals surface area contributed by atoms with Crippen LogP contribution in [0.1, 0.15) is 130 Å². The number of para-hydroxylation sites is 3. The van der Waals surface area contributed by atoms with Gasteiger partial charge in [-0.25, -0.2) is 0 Å². The molecule has 6 aliphatic rings. The quantitative estimate of drug-likeness (QED) is 0.176. The fraction of sp³-hybridized carbons (Fsp3) is 0.250. The van der Waals surface area contributed by atoms with E-state index in [2.05, 4.69) is 181 Å². The van der Waals surface area contributed by atoms with Gasteiger partial charge in [-0.1, -0.05) is 179 Å². The lowest BCUT2D eigenvalue weighted by atomic mass is 9.60. The van der Waals surface area contributed by atoms with Crippen LogP contribution in [0.15, 0.2) is 185 Å². The van der Waals surface area contributed by atoms with Crippen LogP contribution in [0.25, 0.3) is 88.4 Å². The van der Waals surface area contributed by atoms with Crippen LogP contribution in [0.4, 0.5) is 17.1 Å². The van der Waals surface area contributed by atoms with Crippen LogP contribution in [0.5, 0.6) is 0 Å². The molecule has 2 heterocycles. The highest BCUT2D eigenvalue weighted by Gasteiger charge is 2.55. The van der Waals surface area contributed by atoms with Gasteiger partial charge in [0.2, 0.25) is 0 Å². The smallest absolute Gasteiger partial charge is 0.144 e. The summed E-state index contributed by atoms with van der Waals surface area (Å²) in [7, 11) is 0. The SMILES string of the molecule is c1ccc(-c2cc3c(c4c2oc2ccccc24)-c2ccc(N(c4ccccc4)c4ccc5c(c4)C4(CCCCC4)c4c6c(c7oc8ccccc8c7c4-5)-c4ccccc4C64CCCCC4)cc2C32CCCCC2)cc1. The van der Waals surface area contributed by atoms with Crippen molar-refractivity contribution >= 4 is 60.9 Å². The maximum absolute atomic E-state index is 7.24. The Morgan fingerprint density at radius 1 is 0.320 bits per heavy atom. The van der Waals surface area contributed by atoms with Gasteiger partial charge in [-0.05, 0) is 160 Å². The summed E-state index contributed by atoms with van der Waals surface area (Å²) >= 11 is 0. The van der Waals surface area contributed by atoms with Crippen molar-refractivity contribution in [2.75, 3.05) is 4.90 Å². The number of rotatable bonds is 4. The monoisotopic (exact) mass is 969 g/mol. The number of hydrogen-bond donors (Lipinski definition) is 0. The molecule has 17 rings (SSSR count). The second-order valence-electron chi connectivity index (χ2n) is 23.4. The van der Waals surface area contributed by atoms with E-state index in [1.165, 1.54) is 183 Å². The third kappa shape index (κ3) is 5.61. The van der Waals surface area contributed by atoms with E-state index in [1.54, 1.807) is 16.7 Å². The Morgan fingerprint density at radius 2 is 0.800 bits per heavy atom. The standard InChI is InChI=1S/C72H59NO2/c1-6-22-45(23-7-1)54-44-58-61(63-52-27-11-14-30-59(52)74-68(54)63)50-34-32-47(42-56(50)70(58)36-16-3-17-37-70)73(46-24-8-2-9-25-46)48-33-35-51-57(43-48)72(40-20-5-21-41-72)66-62(51)64-53-28-12-15-31-60(53)75-69(64)65-49-26-10-13-29-55(49)71(67(65)66)38-18-4-19-39-71/h1-2,6-15,22-35,42-44H,3-5,16-21,36-41H2. The summed E-state index contributed by atoms with van der Waals surface area (Å²) in [4.78, 5) is 2.60. The van der Waals surface area contributed by atoms with Crippen molar-refractivity contribution in [2.24, 2.45) is 0 Å². The molecule has 0 radical (unpaired) electrons. The number of nitrogens with zero attached hydrogens (tertiary/aromatic N) is 1. The van der Waals surface area contributed by atoms with Crippen LogP contribution in [0, 0.1) is 0 Å². The van der Waals surface area contributed by atoms with Gasteiger partial charge in [0.05, 0.1) is 0 Å². The number of benzene rings is 9. The molecule has 11 aromatic rings. The molecule has 0 N–H and O–H groups in total. The van der Waals surface area contributed by atoms with Gasteiger partial charge in [-0.15, -0.1) is 0 Å². The van der Waals surface area contributed by atoms with Gasteiger partial charge in [0, 0.05) is 66.0 Å². The Balaban J connectivity index is 0.910. The van der Waals surface area contributed by atoms with E-state index in [-0.39, 0.29) is 16.2 Å². The lowest BCUT2D eigenvalue weighted by Crippen LogP contribution is -2.35. The number of anilines is 3. The summed E-state index contributed by atoms with van der Waals surface area (Å²) in [5.74, 6) is 0. The number of fused-ring (bicyclic) bond motifs is 25. The Kier molecular flexibility index (Phi) is 8.95. The van der Waals surface area contributed by atoms with Crippen LogP contribution < -0.4 is 4.90 Å². The van der Waals surface area contributed by atoms with Gasteiger partial charge in [0.25, 0.3) is 0 Å². The topological polar surface area (TPSA) is 29.5 Å². The molecule has 0 bridgehead atoms. The zero-order valence-electron chi connectivity index (χ0n) is 42.6. The average molecular weight is 970 g/mol. The van der Waals surface area contributed by atoms with Gasteiger partial charge in [-0.2, -0.15) is 0 Å². The van der Waals surface area contributed by atoms with Crippen molar-refractivity contribution in [3.63, 3.8) is 0 Å². The van der Waals surface area contributed by atoms with Crippen molar-refractivity contribution in [1.29, 1.82) is 0 Å². The first-order valence-electron chi connectivity index (χ1n) is 28.5. The fourth-order valence-electron chi connectivity index (χ4n) is 17.0. The summed E-state index contributed by atoms with van der Waals surface area (Å²) in [6.07, 6.45) is 18.4. The van der Waals surface area contributed by atoms with E-state index in [0.29, 0.717) is 0 Å². The van der Waals surface area contributed by atoms with Gasteiger partial charge >= 0.3 is 0 Å². The summed E-state index contributed by atoms with van der Waals surface area (Å²) in [5.41, 5.74) is 27.6. The average Bonchev–Trinajstić information content (AvgIpc) is 4.30. The third-order valence-corrected chi connectivity index (χ3v) is 20.0. The van der Waals surface area contributed by atoms with Crippen molar-refractivity contribution in [3.8, 4) is 44.5 Å². The summed E-state index contributed by atoms with van der Waals surface area (Å²) in [6, 6.07) is 67.1. The zero-order valence-corrected chi connectivity index (χ0v) is 42.6. The highest BCUT2D eigenvalue weighted by molar-refractivity contribution is 6.22. The minimum Gasteiger partial charge on any atom is -0.455 e. The minimum atomic E-state index is -0.106. The Morgan fingerprint density at radius 3 is 1.45 bits per heavy atom. The lowest BCUT2D eigenvalue weighted by Gasteiger charge is -2.43. The summed E-state index contributed by atoms with van der Waals surface area (Å²) < 4.78 is 14.2. The lowest BCUT2D eigenvalue weighted by molar-refractivity contribution is 0.325. The second kappa shape index (κ2) is 15.7. The molecule has 3 saturated carbocycles. The molecular weight excluding hydrogens is 911 g/mol. The van der Waals surface area contributed by atoms with E-state index in [9.17, 15) is 0 Å². The fourth-order valence-corrected chi connectivity index (χ4v) is 17.0. The molecule has 0 unspecified atom stereocenters. The van der Waals surface area contributed by atoms with Gasteiger partial charge < -0.3 is 13.7 Å². The highest BCUT2D eigenvalue weighted by atomic mass is 16.3. The Bertz CT molecular complexity index is 4170. The molecule has 9 aromatic carbocycles. The molecule has 364 valence electrons. The molecule has 3 nitrogen and oxygen atoms in total. The molecule has 3 fully saturated rings. The van der Waals surface area contributed by atoms with Gasteiger partial charge in [0.15, 0.2) is 0 Å². The van der Waals surface area contributed by atoms with Crippen LogP contribution in [-0.4, -0.2) is 0 Å². The number of hydrogen-bond acceptors (Lipinski definition) is 3. The first-order chi connectivity index (χ1) is 37.2. The molecule has 2 aromatic heterocycles. The highest BCUT2D eigenvalue weighted by Crippen LogP contribution is 2.69. The molecule has 3 spiro atoms. The largest absolute Gasteiger partial charge is 0.455 e. The summed E-state index contributed by atoms with van der Waals surface area (Å²) in [5, 5.41) is 5.04. The van der Waals surface area contributed by atoms with Crippen LogP contribution in [0.2, 0.25) is 0 Å². The van der Waals surface area contributed by atoms with Gasteiger partial charge in [0.1, 0.15) is 22.3 Å². The van der Waals surface area contributed by atoms with Crippen LogP contribution >= 0.6 is 0 Å². The first-order valence-corrected chi connectivity index (χ1v) is 28.5. The maximum Gasteiger partial charge on any atom is 0.144 e. The van der Waals surface area contributed by atoms with E-state index < -0.39 is 0 Å². The molecular formula is C72H59NO2. The Hall–Kier alpha value is -7.62. The van der Waals surface area contributed by atoms with Crippen LogP contribution in [-0.2, 0) is 16.2 Å². The van der Waals surface area contributed by atoms with Crippen molar-refractivity contribution in [2.45, 2.75) is 113 Å². The van der Waals surface area contributed by atoms with Crippen molar-refractivity contribution < 1.29 is 8.83 Å². The molecule has 3 heteroatoms. The van der Waals surface area contributed by atoms with E-state index in [1.807, 2.05) is 0 Å². The van der Waals surface area contributed by atoms with E-state index >= 15 is 0 Å². The summed E-state index contributed by atoms with van der Waals surface area (Å²) in [6.45, 7) is 0. The normalized spacial score (nSPS) is 18.2. The number of furan rings is 2. The minimum absolute atomic E-state index is 0.0138. The predicted molar refractivity (Wildman–Crippen MR) is 309 cm³/mol. The van der Waals surface area contributed by atoms with E-state index in [0.717, 1.165) is 35.2 Å². The van der Waals surface area contributed by atoms with Crippen molar-refractivity contribution in [1.82, 2.24) is 0 Å². The molecule has 6 aliphatic carbocycles.